The molecule has 28 heavy (non-hydrogen) atoms. The zero-order valence-electron chi connectivity index (χ0n) is 16.0. The lowest BCUT2D eigenvalue weighted by Gasteiger charge is -2.21. The lowest BCUT2D eigenvalue weighted by atomic mass is 10.2. The fourth-order valence-corrected chi connectivity index (χ4v) is 3.40. The first-order valence-corrected chi connectivity index (χ1v) is 9.70. The van der Waals surface area contributed by atoms with Crippen LogP contribution in [0.2, 0.25) is 0 Å². The van der Waals surface area contributed by atoms with Crippen molar-refractivity contribution in [1.82, 2.24) is 21.0 Å². The van der Waals surface area contributed by atoms with Crippen LogP contribution in [0.3, 0.4) is 0 Å². The maximum Gasteiger partial charge on any atom is 0.523 e. The summed E-state index contributed by atoms with van der Waals surface area (Å²) in [7, 11) is 1.60. The Morgan fingerprint density at radius 2 is 2.14 bits per heavy atom. The molecule has 0 radical (unpaired) electrons. The van der Waals surface area contributed by atoms with Crippen LogP contribution in [0, 0.1) is 0 Å². The van der Waals surface area contributed by atoms with Gasteiger partial charge in [0, 0.05) is 30.7 Å². The number of carbonyl (C=O) groups excluding carboxylic acids is 1. The van der Waals surface area contributed by atoms with E-state index in [0.717, 1.165) is 12.8 Å². The molecule has 0 fully saturated rings. The first-order chi connectivity index (χ1) is 13.2. The number of amidine groups is 1. The number of amides is 1. The molecule has 158 valence electrons. The topological polar surface area (TPSA) is 87.6 Å². The third kappa shape index (κ3) is 11.1. The number of pyridine rings is 1. The zero-order valence-corrected chi connectivity index (χ0v) is 16.9. The molecule has 0 aliphatic heterocycles. The van der Waals surface area contributed by atoms with Crippen LogP contribution in [0.15, 0.2) is 29.5 Å². The van der Waals surface area contributed by atoms with Crippen molar-refractivity contribution in [3.05, 3.63) is 30.1 Å². The first kappa shape index (κ1) is 24.2. The quantitative estimate of drug-likeness (QED) is 0.233. The Labute approximate surface area is 166 Å². The third-order valence-corrected chi connectivity index (χ3v) is 4.51. The van der Waals surface area contributed by atoms with Gasteiger partial charge in [-0.25, -0.2) is 0 Å². The predicted octanol–water partition coefficient (Wildman–Crippen LogP) is 2.60. The van der Waals surface area contributed by atoms with E-state index in [1.165, 1.54) is 18.7 Å². The molecule has 11 heteroatoms. The number of hydrazone groups is 1. The lowest BCUT2D eigenvalue weighted by molar-refractivity contribution is -0.343. The molecule has 1 amide bonds. The van der Waals surface area contributed by atoms with Crippen molar-refractivity contribution >= 4 is 22.8 Å². The van der Waals surface area contributed by atoms with Crippen molar-refractivity contribution in [3.8, 4) is 0 Å². The van der Waals surface area contributed by atoms with E-state index < -0.39 is 12.6 Å². The highest BCUT2D eigenvalue weighted by molar-refractivity contribution is 8.14. The Morgan fingerprint density at radius 3 is 2.71 bits per heavy atom. The number of nitrogens with zero attached hydrogens (tertiary/aromatic N) is 2. The molecule has 1 heterocycles. The van der Waals surface area contributed by atoms with Crippen LogP contribution >= 0.6 is 11.8 Å². The fourth-order valence-electron chi connectivity index (χ4n) is 2.24. The van der Waals surface area contributed by atoms with Crippen LogP contribution in [-0.2, 0) is 16.0 Å². The van der Waals surface area contributed by atoms with Gasteiger partial charge in [0.1, 0.15) is 6.23 Å². The van der Waals surface area contributed by atoms with Gasteiger partial charge in [0.15, 0.2) is 5.17 Å². The minimum absolute atomic E-state index is 0.0945. The van der Waals surface area contributed by atoms with Gasteiger partial charge in [-0.15, -0.1) is 13.2 Å². The van der Waals surface area contributed by atoms with Gasteiger partial charge in [0.25, 0.3) is 0 Å². The Bertz CT molecular complexity index is 617. The Hall–Kier alpha value is -1.85. The molecule has 0 saturated heterocycles. The van der Waals surface area contributed by atoms with Gasteiger partial charge >= 0.3 is 6.36 Å². The molecule has 2 atom stereocenters. The first-order valence-electron chi connectivity index (χ1n) is 8.82. The number of hydrogen-bond donors (Lipinski definition) is 3. The van der Waals surface area contributed by atoms with Crippen LogP contribution in [0.25, 0.3) is 0 Å². The average molecular weight is 421 g/mol. The number of carbonyl (C=O) groups is 1. The normalized spacial score (nSPS) is 14.4. The van der Waals surface area contributed by atoms with E-state index in [-0.39, 0.29) is 24.1 Å². The minimum atomic E-state index is -4.70. The van der Waals surface area contributed by atoms with Crippen molar-refractivity contribution in [2.75, 3.05) is 13.6 Å². The number of thioether (sulfide) groups is 1. The lowest BCUT2D eigenvalue weighted by Crippen LogP contribution is -2.39. The van der Waals surface area contributed by atoms with Crippen molar-refractivity contribution in [1.29, 1.82) is 0 Å². The van der Waals surface area contributed by atoms with Gasteiger partial charge in [0.2, 0.25) is 5.91 Å². The second-order valence-electron chi connectivity index (χ2n) is 5.83. The number of rotatable bonds is 10. The molecule has 1 aromatic heterocycles. The highest BCUT2D eigenvalue weighted by Gasteiger charge is 2.32. The predicted molar refractivity (Wildman–Crippen MR) is 103 cm³/mol. The van der Waals surface area contributed by atoms with Gasteiger partial charge in [-0.3, -0.25) is 19.8 Å². The maximum absolute atomic E-state index is 12.3. The molecule has 1 rings (SSSR count). The van der Waals surface area contributed by atoms with E-state index >= 15 is 0 Å². The van der Waals surface area contributed by atoms with E-state index in [9.17, 15) is 18.0 Å². The van der Waals surface area contributed by atoms with E-state index in [1.54, 1.807) is 31.4 Å². The molecule has 0 bridgehead atoms. The molecule has 1 aromatic rings. The second-order valence-corrected chi connectivity index (χ2v) is 7.12. The number of hydrogen-bond acceptors (Lipinski definition) is 7. The van der Waals surface area contributed by atoms with E-state index in [0.29, 0.717) is 10.9 Å². The summed E-state index contributed by atoms with van der Waals surface area (Å²) in [6.45, 7) is 3.52. The van der Waals surface area contributed by atoms with E-state index in [1.807, 2.05) is 6.92 Å². The molecular weight excluding hydrogens is 395 g/mol. The molecule has 7 nitrogen and oxygen atoms in total. The Morgan fingerprint density at radius 1 is 1.39 bits per heavy atom. The van der Waals surface area contributed by atoms with E-state index in [2.05, 4.69) is 30.9 Å². The number of nitrogens with one attached hydrogen (secondary N) is 3. The summed E-state index contributed by atoms with van der Waals surface area (Å²) in [4.78, 5) is 16.3. The summed E-state index contributed by atoms with van der Waals surface area (Å²) in [5.74, 6) is -0.280. The van der Waals surface area contributed by atoms with Gasteiger partial charge in [0.05, 0.1) is 6.42 Å². The summed E-state index contributed by atoms with van der Waals surface area (Å²) in [5.41, 5.74) is 3.25. The maximum atomic E-state index is 12.3. The molecular formula is C17H26F3N5O2S. The molecule has 2 unspecified atom stereocenters. The smallest absolute Gasteiger partial charge is 0.311 e. The number of alkyl halides is 3. The third-order valence-electron chi connectivity index (χ3n) is 3.36. The van der Waals surface area contributed by atoms with Crippen molar-refractivity contribution in [3.63, 3.8) is 0 Å². The minimum Gasteiger partial charge on any atom is -0.311 e. The number of aromatic nitrogens is 1. The molecule has 0 aliphatic carbocycles. The van der Waals surface area contributed by atoms with Crippen LogP contribution in [0.5, 0.6) is 0 Å². The van der Waals surface area contributed by atoms with Gasteiger partial charge in [-0.2, -0.15) is 5.10 Å². The van der Waals surface area contributed by atoms with Crippen LogP contribution < -0.4 is 16.1 Å². The Balaban J connectivity index is 2.61. The van der Waals surface area contributed by atoms with Crippen LogP contribution in [-0.4, -0.2) is 47.5 Å². The van der Waals surface area contributed by atoms with E-state index in [4.69, 9.17) is 0 Å². The SMILES string of the molecule is CCCC(CNC(C)OC(F)(F)F)S/C(=N/NC)NC(=O)Cc1ccccn1. The fraction of sp³-hybridized carbons (Fsp3) is 0.588. The summed E-state index contributed by atoms with van der Waals surface area (Å²) < 4.78 is 40.7. The summed E-state index contributed by atoms with van der Waals surface area (Å²) in [6.07, 6.45) is -2.64. The van der Waals surface area contributed by atoms with Gasteiger partial charge in [-0.1, -0.05) is 31.2 Å². The molecule has 0 saturated carbocycles. The van der Waals surface area contributed by atoms with Crippen LogP contribution in [0.1, 0.15) is 32.4 Å². The average Bonchev–Trinajstić information content (AvgIpc) is 2.59. The Kier molecular flexibility index (Phi) is 10.9. The molecule has 0 aliphatic rings. The second kappa shape index (κ2) is 12.6. The molecule has 3 N–H and O–H groups in total. The molecule has 0 spiro atoms. The number of halogens is 3. The van der Waals surface area contributed by atoms with Gasteiger partial charge in [-0.05, 0) is 25.5 Å². The highest BCUT2D eigenvalue weighted by Crippen LogP contribution is 2.20. The van der Waals surface area contributed by atoms with Crippen molar-refractivity contribution in [2.24, 2.45) is 5.10 Å². The van der Waals surface area contributed by atoms with Crippen LogP contribution in [0.4, 0.5) is 13.2 Å². The monoisotopic (exact) mass is 421 g/mol. The highest BCUT2D eigenvalue weighted by atomic mass is 32.2. The summed E-state index contributed by atoms with van der Waals surface area (Å²) in [6, 6.07) is 5.30. The molecule has 0 aromatic carbocycles. The zero-order chi connectivity index (χ0) is 21.0. The van der Waals surface area contributed by atoms with Gasteiger partial charge < -0.3 is 10.7 Å². The van der Waals surface area contributed by atoms with Crippen molar-refractivity contribution in [2.45, 2.75) is 51.0 Å². The standard InChI is InChI=1S/C17H26F3N5O2S/c1-4-7-14(11-23-12(2)27-17(18,19)20)28-16(25-21-3)24-15(26)10-13-8-5-6-9-22-13/h5-6,8-9,12,14,21,23H,4,7,10-11H2,1-3H3,(H,24,25,26). The summed E-state index contributed by atoms with van der Waals surface area (Å²) in [5, 5.41) is 9.71. The largest absolute Gasteiger partial charge is 0.523 e. The number of ether oxygens (including phenoxy) is 1. The van der Waals surface area contributed by atoms with Crippen molar-refractivity contribution < 1.29 is 22.7 Å². The summed E-state index contributed by atoms with van der Waals surface area (Å²) >= 11 is 1.27.